The van der Waals surface area contributed by atoms with Gasteiger partial charge in [0.05, 0.1) is 11.4 Å². The Morgan fingerprint density at radius 2 is 0.541 bits per heavy atom. The number of hydrogen-bond donors (Lipinski definition) is 0. The average Bonchev–Trinajstić information content (AvgIpc) is 4.03. The zero-order chi connectivity index (χ0) is 52.7. The molecule has 11 rings (SSSR count). The maximum Gasteiger partial charge on any atom is 0.168 e. The van der Waals surface area contributed by atoms with Gasteiger partial charge in [-0.15, -0.1) is 0 Å². The Labute approximate surface area is 445 Å². The highest BCUT2D eigenvalue weighted by Gasteiger charge is 2.57. The molecule has 0 saturated heterocycles. The summed E-state index contributed by atoms with van der Waals surface area (Å²) in [5, 5.41) is 0. The van der Waals surface area contributed by atoms with Crippen LogP contribution in [0.4, 0.5) is 0 Å². The predicted molar refractivity (Wildman–Crippen MR) is 319 cm³/mol. The molecule has 2 aromatic heterocycles. The standard InChI is InChI=1S/C68H84B2N4/c1-43(2)51-25-21-26-52(44(3)4)63(51)71-39-40-72(64-53(45(5)6)27-22-28-54(64)46(7)8)67(71)69-37-38-70(61-35-19-17-33-59(61)69,62-36-20-18-34-60(62)69)68-73(65-55(47(9)10)29-23-30-56(65)48(11)12)41-42-74(68)66-57(49(13)14)31-24-32-58(66)50(15)16/h17-36,39-50H,37-38H2,1-16H3. The molecule has 6 aromatic carbocycles. The normalized spacial score (nSPS) is 17.4. The van der Waals surface area contributed by atoms with Gasteiger partial charge in [0.15, 0.2) is 12.3 Å². The third-order valence-corrected chi connectivity index (χ3v) is 18.1. The van der Waals surface area contributed by atoms with Crippen molar-refractivity contribution in [3.05, 3.63) is 191 Å². The number of imidazole rings is 2. The second-order valence-electron chi connectivity index (χ2n) is 25.1. The number of hydrogen-bond acceptors (Lipinski definition) is 0. The molecule has 0 fully saturated rings. The van der Waals surface area contributed by atoms with Crippen LogP contribution < -0.4 is 42.4 Å². The van der Waals surface area contributed by atoms with E-state index in [0.29, 0.717) is 47.3 Å². The van der Waals surface area contributed by atoms with Crippen LogP contribution in [0.3, 0.4) is 0 Å². The number of rotatable bonds is 14. The summed E-state index contributed by atoms with van der Waals surface area (Å²) in [4.78, 5) is 0. The molecular weight excluding hydrogens is 894 g/mol. The largest absolute Gasteiger partial charge is 0.235 e. The van der Waals surface area contributed by atoms with Crippen molar-refractivity contribution in [3.8, 4) is 22.7 Å². The predicted octanol–water partition coefficient (Wildman–Crippen LogP) is 13.1. The van der Waals surface area contributed by atoms with Gasteiger partial charge in [-0.2, -0.15) is 12.6 Å². The van der Waals surface area contributed by atoms with E-state index in [4.69, 9.17) is 0 Å². The monoisotopic (exact) mass is 979 g/mol. The lowest BCUT2D eigenvalue weighted by molar-refractivity contribution is -0.577. The smallest absolute Gasteiger partial charge is 0.168 e. The molecule has 0 spiro atoms. The number of aromatic nitrogens is 4. The Morgan fingerprint density at radius 3 is 0.770 bits per heavy atom. The number of benzene rings is 6. The first-order valence-corrected chi connectivity index (χ1v) is 28.7. The van der Waals surface area contributed by atoms with E-state index >= 15 is 0 Å². The molecule has 0 radical (unpaired) electrons. The van der Waals surface area contributed by atoms with Gasteiger partial charge in [-0.1, -0.05) is 232 Å². The molecular formula is C68H84B2N4. The summed E-state index contributed by atoms with van der Waals surface area (Å²) in [7, 11) is 0. The van der Waals surface area contributed by atoms with E-state index in [1.165, 1.54) is 101 Å². The summed E-state index contributed by atoms with van der Waals surface area (Å²) in [5.41, 5.74) is 25.3. The van der Waals surface area contributed by atoms with Crippen LogP contribution in [-0.2, 0) is 0 Å². The van der Waals surface area contributed by atoms with E-state index in [1.54, 1.807) is 0 Å². The Balaban J connectivity index is 1.41. The zero-order valence-corrected chi connectivity index (χ0v) is 47.8. The minimum absolute atomic E-state index is 0.331. The lowest BCUT2D eigenvalue weighted by Gasteiger charge is -2.62. The summed E-state index contributed by atoms with van der Waals surface area (Å²) in [5.74, 6) is 2.64. The first kappa shape index (κ1) is 51.4. The van der Waals surface area contributed by atoms with Crippen LogP contribution in [0.25, 0.3) is 22.7 Å². The molecule has 6 heteroatoms. The van der Waals surface area contributed by atoms with Crippen LogP contribution in [0.5, 0.6) is 0 Å². The SMILES string of the molecule is CC(C)c1cccc(C(C)C)c1-n1cc[n+](-c2c(C(C)C)cccc2C(C)C)c1[B-]12CC[B-](c3n(-c4c(C(C)C)cccc4C(C)C)cc[n+]3-c3c(C(C)C)cccc3C(C)C)(c3ccccc31)c1ccccc12. The van der Waals surface area contributed by atoms with Crippen molar-refractivity contribution < 1.29 is 9.13 Å². The highest BCUT2D eigenvalue weighted by atomic mass is 15.2. The van der Waals surface area contributed by atoms with Gasteiger partial charge in [0.25, 0.3) is 0 Å². The lowest BCUT2D eigenvalue weighted by Crippen LogP contribution is -2.95. The van der Waals surface area contributed by atoms with Crippen molar-refractivity contribution >= 4 is 45.6 Å². The minimum Gasteiger partial charge on any atom is -0.235 e. The molecule has 4 nitrogen and oxygen atoms in total. The van der Waals surface area contributed by atoms with Crippen molar-refractivity contribution in [2.75, 3.05) is 0 Å². The minimum atomic E-state index is -1.63. The maximum atomic E-state index is 2.72. The van der Waals surface area contributed by atoms with Crippen molar-refractivity contribution in [2.45, 2.75) is 171 Å². The van der Waals surface area contributed by atoms with Gasteiger partial charge in [0, 0.05) is 44.5 Å². The Hall–Kier alpha value is -6.13. The summed E-state index contributed by atoms with van der Waals surface area (Å²) in [6.45, 7) is 38.1. The van der Waals surface area contributed by atoms with Crippen LogP contribution in [0.15, 0.2) is 146 Å². The Bertz CT molecular complexity index is 2850. The van der Waals surface area contributed by atoms with Crippen molar-refractivity contribution in [3.63, 3.8) is 0 Å². The highest BCUT2D eigenvalue weighted by molar-refractivity contribution is 7.27. The van der Waals surface area contributed by atoms with E-state index in [2.05, 4.69) is 275 Å². The molecule has 0 unspecified atom stereocenters. The quantitative estimate of drug-likeness (QED) is 0.0763. The number of nitrogens with zero attached hydrogens (tertiary/aromatic N) is 4. The van der Waals surface area contributed by atoms with Gasteiger partial charge in [0.1, 0.15) is 47.5 Å². The van der Waals surface area contributed by atoms with Crippen LogP contribution in [0.2, 0.25) is 12.6 Å². The summed E-state index contributed by atoms with van der Waals surface area (Å²) in [6.07, 6.45) is 8.59. The van der Waals surface area contributed by atoms with E-state index in [-0.39, 0.29) is 0 Å². The maximum absolute atomic E-state index is 2.72. The van der Waals surface area contributed by atoms with Gasteiger partial charge in [-0.05, 0) is 47.3 Å². The van der Waals surface area contributed by atoms with Crippen molar-refractivity contribution in [1.82, 2.24) is 9.13 Å². The molecule has 0 atom stereocenters. The van der Waals surface area contributed by atoms with Crippen molar-refractivity contribution in [2.24, 2.45) is 0 Å². The van der Waals surface area contributed by atoms with E-state index in [9.17, 15) is 0 Å². The first-order valence-electron chi connectivity index (χ1n) is 28.7. The molecule has 3 aliphatic rings. The molecule has 3 aliphatic heterocycles. The zero-order valence-electron chi connectivity index (χ0n) is 47.8. The number of fused-ring (bicyclic) bond motifs is 1. The van der Waals surface area contributed by atoms with Crippen LogP contribution >= 0.6 is 0 Å². The van der Waals surface area contributed by atoms with Gasteiger partial charge in [-0.3, -0.25) is 0 Å². The molecule has 0 N–H and O–H groups in total. The number of para-hydroxylation sites is 4. The molecule has 5 heterocycles. The first-order chi connectivity index (χ1) is 35.4. The molecule has 0 amide bonds. The third-order valence-electron chi connectivity index (χ3n) is 18.1. The van der Waals surface area contributed by atoms with Crippen LogP contribution in [-0.4, -0.2) is 21.4 Å². The van der Waals surface area contributed by atoms with Crippen LogP contribution in [0.1, 0.15) is 203 Å². The molecule has 2 bridgehead atoms. The fraction of sp³-hybridized carbons (Fsp3) is 0.382. The van der Waals surface area contributed by atoms with Crippen molar-refractivity contribution in [1.29, 1.82) is 0 Å². The third kappa shape index (κ3) is 7.77. The summed E-state index contributed by atoms with van der Waals surface area (Å²) in [6, 6.07) is 48.1. The van der Waals surface area contributed by atoms with Crippen LogP contribution in [0, 0.1) is 0 Å². The summed E-state index contributed by atoms with van der Waals surface area (Å²) < 4.78 is 10.9. The second-order valence-corrected chi connectivity index (χ2v) is 25.1. The molecule has 8 aromatic rings. The summed E-state index contributed by atoms with van der Waals surface area (Å²) >= 11 is 0. The molecule has 74 heavy (non-hydrogen) atoms. The Morgan fingerprint density at radius 1 is 0.311 bits per heavy atom. The van der Waals surface area contributed by atoms with Gasteiger partial charge >= 0.3 is 0 Å². The van der Waals surface area contributed by atoms with Gasteiger partial charge in [-0.25, -0.2) is 40.1 Å². The fourth-order valence-electron chi connectivity index (χ4n) is 14.8. The van der Waals surface area contributed by atoms with E-state index in [0.717, 1.165) is 12.6 Å². The fourth-order valence-corrected chi connectivity index (χ4v) is 14.8. The topological polar surface area (TPSA) is 17.6 Å². The van der Waals surface area contributed by atoms with Gasteiger partial charge < -0.3 is 0 Å². The average molecular weight is 979 g/mol. The van der Waals surface area contributed by atoms with E-state index < -0.39 is 12.3 Å². The second kappa shape index (κ2) is 19.5. The molecule has 0 saturated carbocycles. The molecule has 0 aliphatic carbocycles. The molecule has 382 valence electrons. The Kier molecular flexibility index (Phi) is 13.6. The lowest BCUT2D eigenvalue weighted by atomic mass is 8.96. The highest BCUT2D eigenvalue weighted by Crippen LogP contribution is 2.39. The van der Waals surface area contributed by atoms with Gasteiger partial charge in [0.2, 0.25) is 0 Å². The van der Waals surface area contributed by atoms with E-state index in [1.807, 2.05) is 0 Å².